The Labute approximate surface area is 308 Å². The molecule has 0 aromatic heterocycles. The number of benzene rings is 2. The number of halogens is 3. The number of ether oxygens (including phenoxy) is 2. The van der Waals surface area contributed by atoms with Gasteiger partial charge in [0.2, 0.25) is 11.8 Å². The van der Waals surface area contributed by atoms with Crippen LogP contribution in [0.4, 0.5) is 0 Å². The van der Waals surface area contributed by atoms with E-state index in [1.807, 2.05) is 0 Å². The predicted octanol–water partition coefficient (Wildman–Crippen LogP) is 6.96. The number of amides is 2. The summed E-state index contributed by atoms with van der Waals surface area (Å²) in [6, 6.07) is 7.62. The van der Waals surface area contributed by atoms with Gasteiger partial charge in [0.05, 0.1) is 29.9 Å². The van der Waals surface area contributed by atoms with Crippen LogP contribution in [0.2, 0.25) is 10.0 Å². The first-order valence-electron chi connectivity index (χ1n) is 16.8. The second kappa shape index (κ2) is 21.2. The zero-order valence-electron chi connectivity index (χ0n) is 27.9. The van der Waals surface area contributed by atoms with Gasteiger partial charge in [0.15, 0.2) is 11.5 Å². The highest BCUT2D eigenvalue weighted by molar-refractivity contribution is 14.1. The first kappa shape index (κ1) is 40.3. The van der Waals surface area contributed by atoms with E-state index in [1.165, 1.54) is 39.2 Å². The maximum atomic E-state index is 14.0. The topological polar surface area (TPSA) is 129 Å². The summed E-state index contributed by atoms with van der Waals surface area (Å²) in [5.41, 5.74) is 1.59. The van der Waals surface area contributed by atoms with Crippen LogP contribution in [0.25, 0.3) is 0 Å². The molecule has 1 aliphatic carbocycles. The normalized spacial score (nSPS) is 17.5. The monoisotopic (exact) mass is 818 g/mol. The Kier molecular flexibility index (Phi) is 17.8. The maximum absolute atomic E-state index is 14.0. The standard InChI is InChI=1S/C36H49Cl2IN2O7/c1-3-4-5-6-7-8-9-10-11-12-33(44)41(22-25-13-14-27(37)21-28(25)38)30-19-26(36(46)40-15-16-42)20-31(34(30)45)48-35-29(39)17-24(23-43)18-32(35)47-2/h13-14,17-18,20-21,30-31,34,42-43,45H,3-12,15-16,19,22-23H2,1-2H3,(H,40,46)/t30-,31+,34+/m1/s1. The molecule has 48 heavy (non-hydrogen) atoms. The molecule has 3 atom stereocenters. The van der Waals surface area contributed by atoms with Gasteiger partial charge in [-0.1, -0.05) is 87.6 Å². The number of nitrogens with zero attached hydrogens (tertiary/aromatic N) is 1. The van der Waals surface area contributed by atoms with Crippen molar-refractivity contribution in [2.45, 2.75) is 109 Å². The van der Waals surface area contributed by atoms with Crippen molar-refractivity contribution in [3.05, 3.63) is 66.7 Å². The third kappa shape index (κ3) is 12.1. The molecule has 1 aliphatic rings. The van der Waals surface area contributed by atoms with E-state index in [0.29, 0.717) is 48.2 Å². The molecule has 0 fully saturated rings. The van der Waals surface area contributed by atoms with Gasteiger partial charge in [-0.15, -0.1) is 0 Å². The molecular weight excluding hydrogens is 770 g/mol. The number of hydrogen-bond donors (Lipinski definition) is 4. The van der Waals surface area contributed by atoms with Crippen molar-refractivity contribution < 1.29 is 34.4 Å². The molecule has 12 heteroatoms. The van der Waals surface area contributed by atoms with Crippen LogP contribution in [0.15, 0.2) is 42.0 Å². The number of hydrogen-bond acceptors (Lipinski definition) is 7. The Hall–Kier alpha value is -2.09. The van der Waals surface area contributed by atoms with Gasteiger partial charge in [0.25, 0.3) is 0 Å². The van der Waals surface area contributed by atoms with E-state index in [9.17, 15) is 24.9 Å². The number of carbonyl (C=O) groups is 2. The van der Waals surface area contributed by atoms with Gasteiger partial charge >= 0.3 is 0 Å². The van der Waals surface area contributed by atoms with Crippen molar-refractivity contribution in [1.82, 2.24) is 10.2 Å². The molecule has 2 aromatic rings. The summed E-state index contributed by atoms with van der Waals surface area (Å²) in [6.07, 6.45) is 9.64. The molecule has 2 aromatic carbocycles. The highest BCUT2D eigenvalue weighted by atomic mass is 127. The van der Waals surface area contributed by atoms with E-state index in [4.69, 9.17) is 32.7 Å². The van der Waals surface area contributed by atoms with Crippen LogP contribution >= 0.6 is 45.8 Å². The Morgan fingerprint density at radius 2 is 1.71 bits per heavy atom. The van der Waals surface area contributed by atoms with Crippen LogP contribution in [0.1, 0.15) is 88.7 Å². The molecule has 3 rings (SSSR count). The molecule has 266 valence electrons. The molecule has 4 N–H and O–H groups in total. The van der Waals surface area contributed by atoms with Gasteiger partial charge in [-0.05, 0) is 70.5 Å². The Bertz CT molecular complexity index is 1380. The third-order valence-corrected chi connectivity index (χ3v) is 9.90. The van der Waals surface area contributed by atoms with E-state index in [-0.39, 0.29) is 45.1 Å². The van der Waals surface area contributed by atoms with Crippen molar-refractivity contribution in [3.63, 3.8) is 0 Å². The van der Waals surface area contributed by atoms with Gasteiger partial charge < -0.3 is 35.0 Å². The zero-order chi connectivity index (χ0) is 35.1. The van der Waals surface area contributed by atoms with Crippen LogP contribution in [0.3, 0.4) is 0 Å². The molecule has 0 aliphatic heterocycles. The molecule has 0 bridgehead atoms. The van der Waals surface area contributed by atoms with Gasteiger partial charge in [-0.2, -0.15) is 0 Å². The second-order valence-corrected chi connectivity index (χ2v) is 14.1. The van der Waals surface area contributed by atoms with Crippen molar-refractivity contribution in [2.75, 3.05) is 20.3 Å². The lowest BCUT2D eigenvalue weighted by molar-refractivity contribution is -0.139. The SMILES string of the molecule is CCCCCCCCCCCC(=O)N(Cc1ccc(Cl)cc1Cl)[C@@H]1CC(C(=O)NCCO)=C[C@H](Oc2c(I)cc(CO)cc2OC)[C@H]1O. The molecule has 0 radical (unpaired) electrons. The lowest BCUT2D eigenvalue weighted by atomic mass is 9.87. The Balaban J connectivity index is 1.90. The van der Waals surface area contributed by atoms with E-state index in [0.717, 1.165) is 19.3 Å². The van der Waals surface area contributed by atoms with E-state index >= 15 is 0 Å². The summed E-state index contributed by atoms with van der Waals surface area (Å²) in [5.74, 6) is 0.0943. The first-order valence-corrected chi connectivity index (χ1v) is 18.6. The van der Waals surface area contributed by atoms with Crippen LogP contribution in [-0.2, 0) is 22.7 Å². The molecular formula is C36H49Cl2IN2O7. The van der Waals surface area contributed by atoms with E-state index in [2.05, 4.69) is 34.8 Å². The zero-order valence-corrected chi connectivity index (χ0v) is 31.5. The number of aliphatic hydroxyl groups is 3. The van der Waals surface area contributed by atoms with Crippen molar-refractivity contribution >= 4 is 57.6 Å². The minimum Gasteiger partial charge on any atom is -0.493 e. The fourth-order valence-electron chi connectivity index (χ4n) is 5.85. The highest BCUT2D eigenvalue weighted by Crippen LogP contribution is 2.38. The van der Waals surface area contributed by atoms with Crippen LogP contribution in [0.5, 0.6) is 11.5 Å². The number of carbonyl (C=O) groups excluding carboxylic acids is 2. The number of methoxy groups -OCH3 is 1. The predicted molar refractivity (Wildman–Crippen MR) is 197 cm³/mol. The largest absolute Gasteiger partial charge is 0.493 e. The number of rotatable bonds is 20. The molecule has 0 saturated carbocycles. The number of unbranched alkanes of at least 4 members (excludes halogenated alkanes) is 8. The summed E-state index contributed by atoms with van der Waals surface area (Å²) in [6.45, 7) is 1.91. The Morgan fingerprint density at radius 1 is 1.02 bits per heavy atom. The molecule has 0 spiro atoms. The smallest absolute Gasteiger partial charge is 0.247 e. The average Bonchev–Trinajstić information content (AvgIpc) is 3.07. The van der Waals surface area contributed by atoms with Gasteiger partial charge in [-0.3, -0.25) is 9.59 Å². The molecule has 2 amide bonds. The minimum atomic E-state index is -1.23. The molecule has 0 saturated heterocycles. The first-order chi connectivity index (χ1) is 23.1. The Morgan fingerprint density at radius 3 is 2.33 bits per heavy atom. The number of nitrogens with one attached hydrogen (secondary N) is 1. The van der Waals surface area contributed by atoms with Gasteiger partial charge in [0, 0.05) is 41.5 Å². The molecule has 0 heterocycles. The third-order valence-electron chi connectivity index (χ3n) is 8.51. The second-order valence-electron chi connectivity index (χ2n) is 12.1. The molecule has 0 unspecified atom stereocenters. The van der Waals surface area contributed by atoms with Crippen LogP contribution < -0.4 is 14.8 Å². The maximum Gasteiger partial charge on any atom is 0.247 e. The van der Waals surface area contributed by atoms with Gasteiger partial charge in [-0.25, -0.2) is 0 Å². The lowest BCUT2D eigenvalue weighted by Crippen LogP contribution is -2.54. The summed E-state index contributed by atoms with van der Waals surface area (Å²) in [4.78, 5) is 28.9. The summed E-state index contributed by atoms with van der Waals surface area (Å²) < 4.78 is 12.5. The average molecular weight is 820 g/mol. The fourth-order valence-corrected chi connectivity index (χ4v) is 7.11. The van der Waals surface area contributed by atoms with E-state index in [1.54, 1.807) is 41.3 Å². The summed E-state index contributed by atoms with van der Waals surface area (Å²) in [7, 11) is 1.48. The number of aliphatic hydroxyl groups excluding tert-OH is 3. The molecule has 9 nitrogen and oxygen atoms in total. The quantitative estimate of drug-likeness (QED) is 0.0841. The summed E-state index contributed by atoms with van der Waals surface area (Å²) >= 11 is 14.8. The van der Waals surface area contributed by atoms with Crippen molar-refractivity contribution in [3.8, 4) is 11.5 Å². The van der Waals surface area contributed by atoms with Crippen molar-refractivity contribution in [1.29, 1.82) is 0 Å². The summed E-state index contributed by atoms with van der Waals surface area (Å²) in [5, 5.41) is 34.4. The van der Waals surface area contributed by atoms with E-state index < -0.39 is 24.2 Å². The van der Waals surface area contributed by atoms with Crippen LogP contribution in [-0.4, -0.2) is 70.5 Å². The van der Waals surface area contributed by atoms with Crippen LogP contribution in [0, 0.1) is 3.57 Å². The minimum absolute atomic E-state index is 0.0465. The lowest BCUT2D eigenvalue weighted by Gasteiger charge is -2.41. The van der Waals surface area contributed by atoms with Crippen molar-refractivity contribution in [2.24, 2.45) is 0 Å². The fraction of sp³-hybridized carbons (Fsp3) is 0.556. The van der Waals surface area contributed by atoms with Gasteiger partial charge in [0.1, 0.15) is 12.2 Å². The highest BCUT2D eigenvalue weighted by Gasteiger charge is 2.41.